The van der Waals surface area contributed by atoms with E-state index in [1.165, 1.54) is 82.2 Å². The first-order valence-electron chi connectivity index (χ1n) is 11.5. The summed E-state index contributed by atoms with van der Waals surface area (Å²) in [5.74, 6) is 0. The molecule has 30 heavy (non-hydrogen) atoms. The molecule has 0 amide bonds. The molecule has 0 radical (unpaired) electrons. The van der Waals surface area contributed by atoms with E-state index in [1.54, 1.807) is 15.4 Å². The minimum absolute atomic E-state index is 0. The van der Waals surface area contributed by atoms with Crippen LogP contribution in [0.25, 0.3) is 0 Å². The molecule has 2 spiro atoms. The van der Waals surface area contributed by atoms with Gasteiger partial charge in [0.05, 0.1) is 0 Å². The Morgan fingerprint density at radius 3 is 1.47 bits per heavy atom. The summed E-state index contributed by atoms with van der Waals surface area (Å²) in [4.78, 5) is 0. The van der Waals surface area contributed by atoms with Crippen LogP contribution in [0.3, 0.4) is 0 Å². The molecule has 3 aliphatic carbocycles. The van der Waals surface area contributed by atoms with Crippen LogP contribution < -0.4 is 0 Å². The van der Waals surface area contributed by atoms with Crippen molar-refractivity contribution in [2.45, 2.75) is 80.0 Å². The van der Waals surface area contributed by atoms with Gasteiger partial charge in [0.2, 0.25) is 0 Å². The third-order valence-corrected chi connectivity index (χ3v) is 13.7. The predicted octanol–water partition coefficient (Wildman–Crippen LogP) is 7.09. The van der Waals surface area contributed by atoms with E-state index in [0.29, 0.717) is 0 Å². The number of hydrogen-bond donors (Lipinski definition) is 0. The van der Waals surface area contributed by atoms with Gasteiger partial charge in [0, 0.05) is 19.0 Å². The quantitative estimate of drug-likeness (QED) is 0.247. The van der Waals surface area contributed by atoms with Gasteiger partial charge in [-0.15, -0.1) is 24.8 Å². The molecular weight excluding hydrogens is 606 g/mol. The second kappa shape index (κ2) is 15.2. The van der Waals surface area contributed by atoms with Crippen molar-refractivity contribution >= 4 is 43.9 Å². The van der Waals surface area contributed by atoms with Crippen molar-refractivity contribution in [2.75, 3.05) is 0 Å². The topological polar surface area (TPSA) is 0 Å². The summed E-state index contributed by atoms with van der Waals surface area (Å²) >= 11 is 1.25. The molecule has 0 aromatic rings. The molecule has 0 aromatic carbocycles. The van der Waals surface area contributed by atoms with Gasteiger partial charge < -0.3 is 0 Å². The van der Waals surface area contributed by atoms with Gasteiger partial charge >= 0.3 is 52.4 Å². The molecule has 5 aliphatic rings. The standard InChI is InChI=1S/2C10H16Si.C5H5.2ClH.Hf/c2*1-2-6-10(7-3-1)8-4-5-9-11-10;1-2-4-5-3-1;;;/h2*1-3,6H,4-5,7-9,11H2;1-3H,4H2;2*1H;. The second-order valence-electron chi connectivity index (χ2n) is 9.15. The van der Waals surface area contributed by atoms with Crippen molar-refractivity contribution in [1.82, 2.24) is 0 Å². The Morgan fingerprint density at radius 1 is 0.667 bits per heavy atom. The summed E-state index contributed by atoms with van der Waals surface area (Å²) in [5.41, 5.74) is 0. The van der Waals surface area contributed by atoms with Crippen LogP contribution in [0.5, 0.6) is 0 Å². The SMILES string of the molecule is C1=CCC2(C=C1)CCCC[SiH2]2.C1=CCC2(C=C1)CCCC[SiH2]2.Cl.Cl.[Hf][C]1=CC=CC1. The molecule has 0 N–H and O–H groups in total. The molecule has 2 atom stereocenters. The Kier molecular flexibility index (Phi) is 14.4. The molecule has 165 valence electrons. The fraction of sp³-hybridized carbons (Fsp3) is 0.520. The van der Waals surface area contributed by atoms with E-state index in [0.717, 1.165) is 10.1 Å². The monoisotopic (exact) mass is 645 g/mol. The van der Waals surface area contributed by atoms with Crippen molar-refractivity contribution in [2.24, 2.45) is 0 Å². The Hall–Kier alpha value is 0.324. The Balaban J connectivity index is 0.000000227. The molecule has 2 heterocycles. The van der Waals surface area contributed by atoms with E-state index in [-0.39, 0.29) is 43.9 Å². The Morgan fingerprint density at radius 2 is 1.20 bits per heavy atom. The van der Waals surface area contributed by atoms with Gasteiger partial charge in [-0.05, 0) is 35.8 Å². The minimum atomic E-state index is 0. The number of allylic oxidation sites excluding steroid dienone is 12. The van der Waals surface area contributed by atoms with Crippen LogP contribution in [0.2, 0.25) is 22.2 Å². The first-order chi connectivity index (χ1) is 13.7. The summed E-state index contributed by atoms with van der Waals surface area (Å²) in [5, 5.41) is 1.46. The van der Waals surface area contributed by atoms with Gasteiger partial charge in [-0.25, -0.2) is 0 Å². The molecule has 2 aliphatic heterocycles. The second-order valence-corrected chi connectivity index (χ2v) is 16.7. The van der Waals surface area contributed by atoms with Gasteiger partial charge in [0.25, 0.3) is 0 Å². The number of rotatable bonds is 0. The summed E-state index contributed by atoms with van der Waals surface area (Å²) in [7, 11) is 0.436. The molecule has 0 nitrogen and oxygen atoms in total. The van der Waals surface area contributed by atoms with Crippen LogP contribution in [-0.4, -0.2) is 19.0 Å². The van der Waals surface area contributed by atoms with E-state index < -0.39 is 0 Å². The van der Waals surface area contributed by atoms with Crippen LogP contribution in [0, 0.1) is 0 Å². The normalized spacial score (nSPS) is 31.9. The zero-order valence-electron chi connectivity index (χ0n) is 18.4. The molecule has 5 rings (SSSR count). The molecule has 0 bridgehead atoms. The van der Waals surface area contributed by atoms with Gasteiger partial charge in [-0.2, -0.15) is 0 Å². The first-order valence-corrected chi connectivity index (χ1v) is 16.7. The van der Waals surface area contributed by atoms with Crippen LogP contribution in [0.1, 0.15) is 57.8 Å². The predicted molar refractivity (Wildman–Crippen MR) is 142 cm³/mol. The summed E-state index contributed by atoms with van der Waals surface area (Å²) in [6, 6.07) is 3.16. The van der Waals surface area contributed by atoms with Gasteiger partial charge in [-0.1, -0.05) is 86.4 Å². The molecule has 0 aromatic heterocycles. The van der Waals surface area contributed by atoms with Gasteiger partial charge in [0.1, 0.15) is 0 Å². The van der Waals surface area contributed by atoms with Crippen molar-refractivity contribution in [1.29, 1.82) is 0 Å². The Bertz CT molecular complexity index is 621. The summed E-state index contributed by atoms with van der Waals surface area (Å²) in [6.45, 7) is 0. The summed E-state index contributed by atoms with van der Waals surface area (Å²) < 4.78 is 1.61. The third kappa shape index (κ3) is 9.44. The number of halogens is 2. The molecule has 2 saturated heterocycles. The van der Waals surface area contributed by atoms with Crippen LogP contribution >= 0.6 is 24.8 Å². The van der Waals surface area contributed by atoms with Crippen LogP contribution in [0.4, 0.5) is 0 Å². The average Bonchev–Trinajstić information content (AvgIpc) is 3.22. The molecular formula is C25H39Cl2HfSi2. The van der Waals surface area contributed by atoms with Crippen molar-refractivity contribution in [3.63, 3.8) is 0 Å². The van der Waals surface area contributed by atoms with Gasteiger partial charge in [-0.3, -0.25) is 0 Å². The summed E-state index contributed by atoms with van der Waals surface area (Å²) in [6.07, 6.45) is 38.1. The van der Waals surface area contributed by atoms with Gasteiger partial charge in [0.15, 0.2) is 0 Å². The average molecular weight is 645 g/mol. The molecule has 2 unspecified atom stereocenters. The van der Waals surface area contributed by atoms with Crippen molar-refractivity contribution < 1.29 is 24.4 Å². The van der Waals surface area contributed by atoms with Crippen molar-refractivity contribution in [3.05, 3.63) is 70.2 Å². The number of hydrogen-bond acceptors (Lipinski definition) is 0. The fourth-order valence-corrected chi connectivity index (χ4v) is 10.9. The Labute approximate surface area is 216 Å². The van der Waals surface area contributed by atoms with Crippen LogP contribution in [0.15, 0.2) is 70.2 Å². The first kappa shape index (κ1) is 28.4. The van der Waals surface area contributed by atoms with E-state index in [4.69, 9.17) is 0 Å². The maximum atomic E-state index is 2.50. The van der Waals surface area contributed by atoms with E-state index in [9.17, 15) is 0 Å². The fourth-order valence-electron chi connectivity index (χ4n) is 5.12. The zero-order valence-corrected chi connectivity index (χ0v) is 26.4. The van der Waals surface area contributed by atoms with E-state index in [2.05, 4.69) is 66.8 Å². The maximum absolute atomic E-state index is 2.50. The van der Waals surface area contributed by atoms with Crippen molar-refractivity contribution in [3.8, 4) is 0 Å². The van der Waals surface area contributed by atoms with E-state index >= 15 is 0 Å². The van der Waals surface area contributed by atoms with E-state index in [1.807, 2.05) is 0 Å². The molecule has 0 saturated carbocycles. The van der Waals surface area contributed by atoms with Crippen LogP contribution in [-0.2, 0) is 24.4 Å². The third-order valence-electron chi connectivity index (χ3n) is 6.91. The molecule has 5 heteroatoms. The zero-order chi connectivity index (χ0) is 19.5. The molecule has 2 fully saturated rings.